The van der Waals surface area contributed by atoms with Crippen molar-refractivity contribution in [2.75, 3.05) is 13.2 Å². The van der Waals surface area contributed by atoms with Gasteiger partial charge in [0.05, 0.1) is 17.9 Å². The Balaban J connectivity index is 2.18. The molecule has 0 atom stereocenters. The van der Waals surface area contributed by atoms with Crippen LogP contribution in [0, 0.1) is 5.82 Å². The molecule has 12 heteroatoms. The van der Waals surface area contributed by atoms with Gasteiger partial charge in [0, 0.05) is 6.54 Å². The third-order valence-corrected chi connectivity index (χ3v) is 2.85. The summed E-state index contributed by atoms with van der Waals surface area (Å²) in [5, 5.41) is 16.3. The van der Waals surface area contributed by atoms with E-state index in [2.05, 4.69) is 24.7 Å². The van der Waals surface area contributed by atoms with Gasteiger partial charge in [-0.05, 0) is 28.5 Å². The Morgan fingerprint density at radius 1 is 1.48 bits per heavy atom. The number of nitrogens with zero attached hydrogens (tertiary/aromatic N) is 3. The smallest absolute Gasteiger partial charge is 0.287 e. The zero-order valence-corrected chi connectivity index (χ0v) is 12.4. The molecule has 0 aliphatic rings. The molecule has 1 aromatic heterocycles. The van der Waals surface area contributed by atoms with Gasteiger partial charge in [-0.3, -0.25) is 10.7 Å². The van der Waals surface area contributed by atoms with Crippen LogP contribution in [0.5, 0.6) is 5.88 Å². The van der Waals surface area contributed by atoms with Crippen LogP contribution >= 0.6 is 12.2 Å². The summed E-state index contributed by atoms with van der Waals surface area (Å²) in [6.45, 7) is 0.470. The minimum Gasteiger partial charge on any atom is -0.472 e. The second-order valence-electron chi connectivity index (χ2n) is 4.03. The highest BCUT2D eigenvalue weighted by atomic mass is 32.2. The minimum absolute atomic E-state index is 0.00653. The molecule has 4 N–H and O–H groups in total. The average Bonchev–Trinajstić information content (AvgIpc) is 3.01. The van der Waals surface area contributed by atoms with Crippen molar-refractivity contribution >= 4 is 37.1 Å². The Morgan fingerprint density at radius 2 is 2.30 bits per heavy atom. The number of aliphatic imine (C=N–C) groups is 1. The van der Waals surface area contributed by atoms with Crippen LogP contribution in [0.2, 0.25) is 0 Å². The molecule has 0 spiro atoms. The molecule has 120 valence electrons. The monoisotopic (exact) mass is 339 g/mol. The largest absolute Gasteiger partial charge is 0.472 e. The highest BCUT2D eigenvalue weighted by molar-refractivity contribution is 7.91. The summed E-state index contributed by atoms with van der Waals surface area (Å²) in [6.07, 6.45) is 0. The topological polar surface area (TPSA) is 125 Å². The van der Waals surface area contributed by atoms with E-state index < -0.39 is 5.82 Å². The lowest BCUT2D eigenvalue weighted by atomic mass is 9.95. The van der Waals surface area contributed by atoms with Crippen molar-refractivity contribution in [1.29, 1.82) is 0 Å². The van der Waals surface area contributed by atoms with Gasteiger partial charge in [0.1, 0.15) is 20.3 Å². The maximum Gasteiger partial charge on any atom is 0.287 e. The van der Waals surface area contributed by atoms with Crippen LogP contribution in [0.1, 0.15) is 5.69 Å². The van der Waals surface area contributed by atoms with Crippen LogP contribution in [0.3, 0.4) is 0 Å². The lowest BCUT2D eigenvalue weighted by Gasteiger charge is -2.05. The Kier molecular flexibility index (Phi) is 6.34. The van der Waals surface area contributed by atoms with Crippen LogP contribution in [-0.4, -0.2) is 46.9 Å². The minimum atomic E-state index is -0.580. The number of hydrogen-bond acceptors (Lipinski definition) is 9. The molecule has 0 bridgehead atoms. The van der Waals surface area contributed by atoms with Gasteiger partial charge in [0.15, 0.2) is 5.84 Å². The van der Waals surface area contributed by atoms with E-state index in [9.17, 15) is 9.60 Å². The van der Waals surface area contributed by atoms with E-state index in [1.165, 1.54) is 12.1 Å². The molecule has 0 saturated carbocycles. The first-order valence-electron chi connectivity index (χ1n) is 6.18. The quantitative estimate of drug-likeness (QED) is 0.106. The van der Waals surface area contributed by atoms with Crippen molar-refractivity contribution in [2.24, 2.45) is 4.99 Å². The second kappa shape index (κ2) is 8.48. The molecule has 1 heterocycles. The standard InChI is InChI=1S/C11H11BFN5O4S/c12-7-5-6(1-2-8(7)13)15-10(16-19)9-11(18-22-17-9)21-4-3-14-23-20/h1-2,5,14,19-20H,3-4H2,(H,15,16). The lowest BCUT2D eigenvalue weighted by Crippen LogP contribution is -2.22. The van der Waals surface area contributed by atoms with Crippen molar-refractivity contribution < 1.29 is 23.5 Å². The van der Waals surface area contributed by atoms with Crippen LogP contribution in [0.4, 0.5) is 10.1 Å². The van der Waals surface area contributed by atoms with Gasteiger partial charge >= 0.3 is 0 Å². The molecule has 0 amide bonds. The number of halogens is 1. The normalized spacial score (nSPS) is 11.5. The Bertz CT molecular complexity index is 686. The van der Waals surface area contributed by atoms with Crippen molar-refractivity contribution in [3.8, 4) is 5.88 Å². The summed E-state index contributed by atoms with van der Waals surface area (Å²) in [5.41, 5.74) is 2.03. The van der Waals surface area contributed by atoms with Crippen molar-refractivity contribution in [1.82, 2.24) is 20.5 Å². The van der Waals surface area contributed by atoms with Crippen LogP contribution in [0.25, 0.3) is 0 Å². The zero-order chi connectivity index (χ0) is 16.7. The zero-order valence-electron chi connectivity index (χ0n) is 11.6. The fourth-order valence-electron chi connectivity index (χ4n) is 1.52. The molecule has 0 aliphatic heterocycles. The molecular weight excluding hydrogens is 328 g/mol. The van der Waals surface area contributed by atoms with E-state index >= 15 is 0 Å². The fraction of sp³-hybridized carbons (Fsp3) is 0.182. The summed E-state index contributed by atoms with van der Waals surface area (Å²) in [4.78, 5) is 4.03. The summed E-state index contributed by atoms with van der Waals surface area (Å²) in [6, 6.07) is 3.78. The van der Waals surface area contributed by atoms with E-state index in [-0.39, 0.29) is 35.2 Å². The van der Waals surface area contributed by atoms with E-state index in [0.717, 1.165) is 6.07 Å². The summed E-state index contributed by atoms with van der Waals surface area (Å²) in [5.74, 6) is -0.731. The third-order valence-electron chi connectivity index (χ3n) is 2.52. The average molecular weight is 339 g/mol. The van der Waals surface area contributed by atoms with E-state index in [1.54, 1.807) is 0 Å². The van der Waals surface area contributed by atoms with Crippen LogP contribution in [0.15, 0.2) is 27.8 Å². The summed E-state index contributed by atoms with van der Waals surface area (Å²) >= 11 is 0.450. The Morgan fingerprint density at radius 3 is 3.00 bits per heavy atom. The van der Waals surface area contributed by atoms with Crippen LogP contribution < -0.4 is 20.4 Å². The first-order chi connectivity index (χ1) is 11.2. The van der Waals surface area contributed by atoms with Gasteiger partial charge in [-0.25, -0.2) is 18.7 Å². The number of aromatic nitrogens is 2. The number of rotatable bonds is 7. The highest BCUT2D eigenvalue weighted by Gasteiger charge is 2.18. The molecule has 0 aliphatic carbocycles. The van der Waals surface area contributed by atoms with Gasteiger partial charge in [-0.2, -0.15) is 0 Å². The molecule has 9 nitrogen and oxygen atoms in total. The number of amidine groups is 1. The first-order valence-corrected chi connectivity index (χ1v) is 6.96. The molecule has 2 rings (SSSR count). The molecule has 0 saturated heterocycles. The predicted octanol–water partition coefficient (Wildman–Crippen LogP) is 0.149. The van der Waals surface area contributed by atoms with E-state index in [1.807, 2.05) is 5.48 Å². The Labute approximate surface area is 135 Å². The van der Waals surface area contributed by atoms with Crippen molar-refractivity contribution in [3.05, 3.63) is 29.7 Å². The number of hydroxylamine groups is 1. The Hall–Kier alpha value is -2.15. The van der Waals surface area contributed by atoms with Crippen molar-refractivity contribution in [3.63, 3.8) is 0 Å². The van der Waals surface area contributed by atoms with Gasteiger partial charge in [-0.15, -0.1) is 0 Å². The predicted molar refractivity (Wildman–Crippen MR) is 80.9 cm³/mol. The SMILES string of the molecule is [B]c1cc(N=C(NO)c2nonc2OCCNSO)ccc1F. The maximum absolute atomic E-state index is 13.1. The summed E-state index contributed by atoms with van der Waals surface area (Å²) in [7, 11) is 5.45. The first kappa shape index (κ1) is 17.2. The van der Waals surface area contributed by atoms with E-state index in [0.29, 0.717) is 18.8 Å². The van der Waals surface area contributed by atoms with Crippen molar-refractivity contribution in [2.45, 2.75) is 0 Å². The second-order valence-corrected chi connectivity index (χ2v) is 4.50. The van der Waals surface area contributed by atoms with Gasteiger partial charge in [0.25, 0.3) is 5.88 Å². The molecule has 2 aromatic rings. The molecule has 23 heavy (non-hydrogen) atoms. The van der Waals surface area contributed by atoms with Gasteiger partial charge in [0.2, 0.25) is 5.69 Å². The fourth-order valence-corrected chi connectivity index (χ4v) is 1.69. The number of nitrogens with one attached hydrogen (secondary N) is 2. The van der Waals surface area contributed by atoms with E-state index in [4.69, 9.17) is 17.1 Å². The lowest BCUT2D eigenvalue weighted by molar-refractivity contribution is 0.233. The van der Waals surface area contributed by atoms with Gasteiger partial charge < -0.3 is 9.29 Å². The number of hydrogen-bond donors (Lipinski definition) is 4. The molecule has 1 aromatic carbocycles. The third kappa shape index (κ3) is 4.66. The highest BCUT2D eigenvalue weighted by Crippen LogP contribution is 2.17. The molecule has 0 fully saturated rings. The number of benzene rings is 1. The number of ether oxygens (including phenoxy) is 1. The van der Waals surface area contributed by atoms with Gasteiger partial charge in [-0.1, -0.05) is 5.46 Å². The molecule has 2 radical (unpaired) electrons. The summed E-state index contributed by atoms with van der Waals surface area (Å²) < 4.78 is 34.0. The molecular formula is C11H11BFN5O4S. The maximum atomic E-state index is 13.1. The molecule has 0 unspecified atom stereocenters. The van der Waals surface area contributed by atoms with Crippen LogP contribution in [-0.2, 0) is 0 Å².